The van der Waals surface area contributed by atoms with E-state index in [-0.39, 0.29) is 25.7 Å². The van der Waals surface area contributed by atoms with Crippen LogP contribution in [0.5, 0.6) is 0 Å². The van der Waals surface area contributed by atoms with Crippen molar-refractivity contribution in [2.45, 2.75) is 103 Å². The second-order valence-electron chi connectivity index (χ2n) is 12.0. The number of amides is 2. The summed E-state index contributed by atoms with van der Waals surface area (Å²) in [4.78, 5) is 49.0. The molecule has 2 amide bonds. The van der Waals surface area contributed by atoms with Crippen molar-refractivity contribution >= 4 is 24.1 Å². The summed E-state index contributed by atoms with van der Waals surface area (Å²) in [6.07, 6.45) is -11.3. The number of esters is 2. The van der Waals surface area contributed by atoms with E-state index in [9.17, 15) is 45.5 Å². The minimum Gasteiger partial charge on any atom is -0.467 e. The third kappa shape index (κ3) is 11.4. The molecule has 0 spiro atoms. The third-order valence-electron chi connectivity index (χ3n) is 6.29. The number of carbonyl (C=O) groups excluding carboxylic acids is 4. The van der Waals surface area contributed by atoms with Crippen LogP contribution in [0.4, 0.5) is 35.9 Å². The molecule has 0 bridgehead atoms. The van der Waals surface area contributed by atoms with Gasteiger partial charge in [0.05, 0.1) is 26.1 Å². The van der Waals surface area contributed by atoms with Gasteiger partial charge in [0.2, 0.25) is 0 Å². The maximum Gasteiger partial charge on any atom is 0.411 e. The van der Waals surface area contributed by atoms with E-state index in [2.05, 4.69) is 9.47 Å². The van der Waals surface area contributed by atoms with Gasteiger partial charge in [-0.05, 0) is 67.2 Å². The maximum atomic E-state index is 12.8. The van der Waals surface area contributed by atoms with E-state index in [1.54, 1.807) is 41.5 Å². The van der Waals surface area contributed by atoms with E-state index >= 15 is 0 Å². The summed E-state index contributed by atoms with van der Waals surface area (Å²) >= 11 is 0. The summed E-state index contributed by atoms with van der Waals surface area (Å²) in [6.45, 7) is 8.40. The fraction of sp³-hybridized carbons (Fsp3) is 0.846. The number of ether oxygens (including phenoxy) is 4. The molecule has 2 aliphatic rings. The molecule has 0 radical (unpaired) electrons. The van der Waals surface area contributed by atoms with Gasteiger partial charge in [0.1, 0.15) is 23.3 Å². The number of alkyl halides is 6. The molecule has 0 N–H and O–H groups in total. The minimum absolute atomic E-state index is 0.101. The average molecular weight is 623 g/mol. The highest BCUT2D eigenvalue weighted by atomic mass is 19.4. The summed E-state index contributed by atoms with van der Waals surface area (Å²) in [7, 11) is 2.26. The van der Waals surface area contributed by atoms with Crippen molar-refractivity contribution in [3.05, 3.63) is 0 Å². The number of likely N-dealkylation sites (tertiary alicyclic amines) is 2. The number of methoxy groups -OCH3 is 2. The van der Waals surface area contributed by atoms with Gasteiger partial charge in [-0.25, -0.2) is 19.2 Å². The summed E-state index contributed by atoms with van der Waals surface area (Å²) in [6, 6.07) is -2.08. The Balaban J connectivity index is 0.000000420. The van der Waals surface area contributed by atoms with E-state index in [1.165, 1.54) is 0 Å². The molecular formula is C26H40F6N2O8. The Hall–Kier alpha value is -2.94. The number of carbonyl (C=O) groups is 4. The molecule has 0 aliphatic carbocycles. The number of halogens is 6. The lowest BCUT2D eigenvalue weighted by atomic mass is 9.92. The smallest absolute Gasteiger partial charge is 0.411 e. The molecule has 10 nitrogen and oxygen atoms in total. The van der Waals surface area contributed by atoms with Crippen molar-refractivity contribution in [3.8, 4) is 0 Å². The highest BCUT2D eigenvalue weighted by molar-refractivity contribution is 5.82. The summed E-state index contributed by atoms with van der Waals surface area (Å²) in [5.74, 6) is -4.79. The number of rotatable bonds is 2. The summed E-state index contributed by atoms with van der Waals surface area (Å²) < 4.78 is 96.2. The Labute approximate surface area is 240 Å². The van der Waals surface area contributed by atoms with Gasteiger partial charge >= 0.3 is 36.5 Å². The summed E-state index contributed by atoms with van der Waals surface area (Å²) in [5, 5.41) is 0. The first-order valence-corrected chi connectivity index (χ1v) is 13.2. The van der Waals surface area contributed by atoms with Crippen LogP contribution in [0.25, 0.3) is 0 Å². The molecule has 42 heavy (non-hydrogen) atoms. The third-order valence-corrected chi connectivity index (χ3v) is 6.29. The first kappa shape index (κ1) is 37.1. The first-order valence-electron chi connectivity index (χ1n) is 13.2. The van der Waals surface area contributed by atoms with Crippen LogP contribution in [0, 0.1) is 11.8 Å². The van der Waals surface area contributed by atoms with Gasteiger partial charge in [0.15, 0.2) is 0 Å². The van der Waals surface area contributed by atoms with Gasteiger partial charge in [-0.1, -0.05) is 0 Å². The number of hydrogen-bond donors (Lipinski definition) is 0. The van der Waals surface area contributed by atoms with Gasteiger partial charge in [-0.2, -0.15) is 26.3 Å². The highest BCUT2D eigenvalue weighted by Gasteiger charge is 2.49. The minimum atomic E-state index is -4.42. The molecular weight excluding hydrogens is 582 g/mol. The molecule has 0 aromatic rings. The van der Waals surface area contributed by atoms with Gasteiger partial charge in [-0.15, -0.1) is 0 Å². The van der Waals surface area contributed by atoms with Crippen LogP contribution in [0.2, 0.25) is 0 Å². The SMILES string of the molecule is COC(=O)[C@@H]1CC[C@H](C(F)(F)F)CN1C(=O)OC(C)(C)C.COC(=O)[C@H]1CC[C@@H](C(F)(F)F)CN1C(=O)OC(C)(C)C. The molecule has 0 unspecified atom stereocenters. The fourth-order valence-corrected chi connectivity index (χ4v) is 4.28. The normalized spacial score (nSPS) is 23.7. The van der Waals surface area contributed by atoms with Crippen molar-refractivity contribution in [2.75, 3.05) is 27.3 Å². The molecule has 0 saturated carbocycles. The average Bonchev–Trinajstić information content (AvgIpc) is 2.84. The first-order chi connectivity index (χ1) is 18.9. The molecule has 244 valence electrons. The van der Waals surface area contributed by atoms with Crippen molar-refractivity contribution in [1.82, 2.24) is 9.80 Å². The van der Waals surface area contributed by atoms with Crippen LogP contribution in [0.15, 0.2) is 0 Å². The predicted molar refractivity (Wildman–Crippen MR) is 135 cm³/mol. The Kier molecular flexibility index (Phi) is 12.4. The van der Waals surface area contributed by atoms with Crippen LogP contribution in [-0.4, -0.2) is 96.9 Å². The second-order valence-corrected chi connectivity index (χ2v) is 12.0. The molecule has 2 heterocycles. The zero-order chi connectivity index (χ0) is 32.8. The zero-order valence-corrected chi connectivity index (χ0v) is 25.0. The lowest BCUT2D eigenvalue weighted by Crippen LogP contribution is -2.54. The maximum absolute atomic E-state index is 12.8. The number of nitrogens with zero attached hydrogens (tertiary/aromatic N) is 2. The van der Waals surface area contributed by atoms with Crippen LogP contribution >= 0.6 is 0 Å². The van der Waals surface area contributed by atoms with Gasteiger partial charge < -0.3 is 18.9 Å². The van der Waals surface area contributed by atoms with Crippen LogP contribution in [0.1, 0.15) is 67.2 Å². The van der Waals surface area contributed by atoms with Crippen molar-refractivity contribution in [1.29, 1.82) is 0 Å². The topological polar surface area (TPSA) is 112 Å². The lowest BCUT2D eigenvalue weighted by Gasteiger charge is -2.39. The van der Waals surface area contributed by atoms with Gasteiger partial charge in [0.25, 0.3) is 0 Å². The van der Waals surface area contributed by atoms with Gasteiger partial charge in [0, 0.05) is 13.1 Å². The van der Waals surface area contributed by atoms with Crippen LogP contribution < -0.4 is 0 Å². The molecule has 2 aliphatic heterocycles. The Morgan fingerprint density at radius 1 is 0.571 bits per heavy atom. The molecule has 16 heteroatoms. The van der Waals surface area contributed by atoms with Crippen molar-refractivity contribution < 1.29 is 64.5 Å². The molecule has 2 rings (SSSR count). The van der Waals surface area contributed by atoms with E-state index in [1.807, 2.05) is 0 Å². The highest BCUT2D eigenvalue weighted by Crippen LogP contribution is 2.37. The van der Waals surface area contributed by atoms with Crippen molar-refractivity contribution in [3.63, 3.8) is 0 Å². The zero-order valence-electron chi connectivity index (χ0n) is 25.0. The second kappa shape index (κ2) is 14.0. The lowest BCUT2D eigenvalue weighted by molar-refractivity contribution is -0.192. The molecule has 2 fully saturated rings. The largest absolute Gasteiger partial charge is 0.467 e. The fourth-order valence-electron chi connectivity index (χ4n) is 4.28. The summed E-state index contributed by atoms with van der Waals surface area (Å²) in [5.41, 5.74) is -1.72. The Bertz CT molecular complexity index is 882. The monoisotopic (exact) mass is 622 g/mol. The molecule has 2 saturated heterocycles. The molecule has 0 aromatic carbocycles. The van der Waals surface area contributed by atoms with Gasteiger partial charge in [-0.3, -0.25) is 9.80 Å². The number of hydrogen-bond acceptors (Lipinski definition) is 8. The number of piperidine rings is 2. The van der Waals surface area contributed by atoms with Crippen LogP contribution in [-0.2, 0) is 28.5 Å². The van der Waals surface area contributed by atoms with E-state index in [0.29, 0.717) is 0 Å². The Morgan fingerprint density at radius 2 is 0.857 bits per heavy atom. The molecule has 0 aromatic heterocycles. The quantitative estimate of drug-likeness (QED) is 0.226. The van der Waals surface area contributed by atoms with E-state index in [4.69, 9.17) is 9.47 Å². The van der Waals surface area contributed by atoms with Crippen molar-refractivity contribution in [2.24, 2.45) is 11.8 Å². The molecule has 4 atom stereocenters. The van der Waals surface area contributed by atoms with E-state index in [0.717, 1.165) is 24.0 Å². The predicted octanol–water partition coefficient (Wildman–Crippen LogP) is 5.47. The Morgan fingerprint density at radius 3 is 1.07 bits per heavy atom. The standard InChI is InChI=1S/2C13H20F3NO4/c2*1-12(2,3)21-11(19)17-7-8(13(14,15)16)5-6-9(17)10(18)20-4/h2*8-9H,5-7H2,1-4H3/t2*8-,9-/m10/s1. The van der Waals surface area contributed by atoms with Crippen LogP contribution in [0.3, 0.4) is 0 Å². The van der Waals surface area contributed by atoms with E-state index < -0.39 is 84.7 Å².